The smallest absolute Gasteiger partial charge is 0.251 e. The number of methoxy groups -OCH3 is 1. The lowest BCUT2D eigenvalue weighted by Crippen LogP contribution is -2.61. The van der Waals surface area contributed by atoms with Crippen LogP contribution in [-0.4, -0.2) is 86.9 Å². The number of aliphatic hydroxyl groups is 1. The molecule has 11 nitrogen and oxygen atoms in total. The summed E-state index contributed by atoms with van der Waals surface area (Å²) in [5.74, 6) is 0.138. The number of benzene rings is 1. The predicted molar refractivity (Wildman–Crippen MR) is 147 cm³/mol. The van der Waals surface area contributed by atoms with E-state index in [9.17, 15) is 14.3 Å². The van der Waals surface area contributed by atoms with Gasteiger partial charge in [0.05, 0.1) is 48.1 Å². The summed E-state index contributed by atoms with van der Waals surface area (Å²) in [5, 5.41) is 13.2. The Labute approximate surface area is 234 Å². The summed E-state index contributed by atoms with van der Waals surface area (Å²) in [6.45, 7) is 3.55. The summed E-state index contributed by atoms with van der Waals surface area (Å²) in [4.78, 5) is 29.2. The number of imidazole rings is 1. The molecule has 13 heteroatoms. The van der Waals surface area contributed by atoms with Crippen molar-refractivity contribution in [1.82, 2.24) is 24.3 Å². The van der Waals surface area contributed by atoms with Gasteiger partial charge in [0.2, 0.25) is 5.95 Å². The van der Waals surface area contributed by atoms with E-state index in [1.54, 1.807) is 28.7 Å². The van der Waals surface area contributed by atoms with Crippen molar-refractivity contribution >= 4 is 40.5 Å². The van der Waals surface area contributed by atoms with Gasteiger partial charge in [-0.2, -0.15) is 0 Å². The Balaban J connectivity index is 1.22. The summed E-state index contributed by atoms with van der Waals surface area (Å²) in [5.41, 5.74) is 2.69. The maximum Gasteiger partial charge on any atom is 0.251 e. The van der Waals surface area contributed by atoms with E-state index < -0.39 is 11.9 Å². The predicted octanol–water partition coefficient (Wildman–Crippen LogP) is 3.13. The van der Waals surface area contributed by atoms with Crippen molar-refractivity contribution in [2.45, 2.75) is 25.2 Å². The molecule has 6 rings (SSSR count). The van der Waals surface area contributed by atoms with Gasteiger partial charge in [0.25, 0.3) is 5.91 Å². The van der Waals surface area contributed by atoms with Crippen LogP contribution in [-0.2, 0) is 9.53 Å². The fourth-order valence-corrected chi connectivity index (χ4v) is 5.39. The molecule has 2 unspecified atom stereocenters. The lowest BCUT2D eigenvalue weighted by Gasteiger charge is -2.46. The van der Waals surface area contributed by atoms with Crippen LogP contribution in [0.2, 0.25) is 5.02 Å². The van der Waals surface area contributed by atoms with Crippen LogP contribution in [0.3, 0.4) is 0 Å². The van der Waals surface area contributed by atoms with Gasteiger partial charge in [-0.3, -0.25) is 9.20 Å². The summed E-state index contributed by atoms with van der Waals surface area (Å²) in [7, 11) is 1.58. The number of hydrogen-bond acceptors (Lipinski definition) is 9. The zero-order chi connectivity index (χ0) is 28.0. The minimum absolute atomic E-state index is 0.159. The van der Waals surface area contributed by atoms with Crippen LogP contribution >= 0.6 is 11.6 Å². The zero-order valence-corrected chi connectivity index (χ0v) is 22.5. The van der Waals surface area contributed by atoms with Crippen molar-refractivity contribution in [2.75, 3.05) is 43.5 Å². The Kier molecular flexibility index (Phi) is 6.90. The monoisotopic (exact) mass is 567 g/mol. The van der Waals surface area contributed by atoms with Crippen molar-refractivity contribution in [1.29, 1.82) is 0 Å². The van der Waals surface area contributed by atoms with Crippen molar-refractivity contribution in [3.8, 4) is 17.1 Å². The molecular weight excluding hydrogens is 541 g/mol. The highest BCUT2D eigenvalue weighted by molar-refractivity contribution is 6.32. The van der Waals surface area contributed by atoms with Crippen molar-refractivity contribution in [3.05, 3.63) is 59.8 Å². The molecule has 2 saturated heterocycles. The standard InChI is InChI=1S/C27H27ClFN7O4/c1-15(37)26(38)35-13-17-11-34(12-18(14-35)40-17)16-5-6-21(23(8-16)39-2)32-27-31-9-19(28)24(33-27)22-10-30-25-20(29)4-3-7-36(22)25/h3-10,15,17-18,37H,11-14H2,1-2H3,(H,31,32,33)/t15-,17?,18?/m1/s1. The summed E-state index contributed by atoms with van der Waals surface area (Å²) < 4.78 is 27.5. The van der Waals surface area contributed by atoms with Gasteiger partial charge in [0.15, 0.2) is 11.5 Å². The molecule has 0 saturated carbocycles. The third kappa shape index (κ3) is 4.89. The van der Waals surface area contributed by atoms with E-state index in [-0.39, 0.29) is 29.7 Å². The number of pyridine rings is 1. The second-order valence-corrected chi connectivity index (χ2v) is 10.2. The second kappa shape index (κ2) is 10.5. The van der Waals surface area contributed by atoms with Crippen LogP contribution in [0.25, 0.3) is 17.0 Å². The fourth-order valence-electron chi connectivity index (χ4n) is 5.21. The first kappa shape index (κ1) is 26.2. The Hall–Kier alpha value is -4.00. The summed E-state index contributed by atoms with van der Waals surface area (Å²) in [6, 6.07) is 8.69. The van der Waals surface area contributed by atoms with Crippen molar-refractivity contribution in [2.24, 2.45) is 0 Å². The van der Waals surface area contributed by atoms with Crippen LogP contribution in [0.4, 0.5) is 21.7 Å². The van der Waals surface area contributed by atoms with E-state index in [1.807, 2.05) is 18.2 Å². The second-order valence-electron chi connectivity index (χ2n) is 9.80. The number of carbonyl (C=O) groups excluding carboxylic acids is 1. The Morgan fingerprint density at radius 3 is 2.70 bits per heavy atom. The van der Waals surface area contributed by atoms with Gasteiger partial charge in [-0.05, 0) is 31.2 Å². The molecule has 2 N–H and O–H groups in total. The molecule has 3 aromatic heterocycles. The van der Waals surface area contributed by atoms with Crippen molar-refractivity contribution in [3.63, 3.8) is 0 Å². The minimum atomic E-state index is -1.03. The average molecular weight is 568 g/mol. The number of aromatic nitrogens is 4. The van der Waals surface area contributed by atoms with E-state index in [1.165, 1.54) is 25.4 Å². The minimum Gasteiger partial charge on any atom is -0.494 e. The van der Waals surface area contributed by atoms with Gasteiger partial charge in [0, 0.05) is 44.1 Å². The fraction of sp³-hybridized carbons (Fsp3) is 0.333. The van der Waals surface area contributed by atoms with E-state index in [4.69, 9.17) is 21.1 Å². The number of halogens is 2. The SMILES string of the molecule is COc1cc(N2CC3CN(C(=O)[C@@H](C)O)CC(C2)O3)ccc1Nc1ncc(Cl)c(-c2cnc3c(F)cccn23)n1. The van der Waals surface area contributed by atoms with Gasteiger partial charge in [-0.15, -0.1) is 0 Å². The molecule has 208 valence electrons. The van der Waals surface area contributed by atoms with Gasteiger partial charge in [0.1, 0.15) is 17.5 Å². The highest BCUT2D eigenvalue weighted by Gasteiger charge is 2.37. The number of amides is 1. The highest BCUT2D eigenvalue weighted by Crippen LogP contribution is 2.34. The number of fused-ring (bicyclic) bond motifs is 3. The number of nitrogens with one attached hydrogen (secondary N) is 1. The van der Waals surface area contributed by atoms with Crippen LogP contribution in [0.15, 0.2) is 48.9 Å². The Bertz CT molecular complexity index is 1570. The zero-order valence-electron chi connectivity index (χ0n) is 21.8. The topological polar surface area (TPSA) is 117 Å². The van der Waals surface area contributed by atoms with E-state index >= 15 is 0 Å². The van der Waals surface area contributed by atoms with Gasteiger partial charge in [-0.25, -0.2) is 19.3 Å². The number of ether oxygens (including phenoxy) is 2. The molecule has 1 amide bonds. The van der Waals surface area contributed by atoms with Crippen LogP contribution in [0.1, 0.15) is 6.92 Å². The van der Waals surface area contributed by atoms with Crippen LogP contribution in [0.5, 0.6) is 5.75 Å². The molecule has 2 fully saturated rings. The first-order valence-corrected chi connectivity index (χ1v) is 13.2. The van der Waals surface area contributed by atoms with E-state index in [2.05, 4.69) is 25.2 Å². The molecule has 2 aliphatic heterocycles. The third-order valence-corrected chi connectivity index (χ3v) is 7.30. The Morgan fingerprint density at radius 2 is 1.98 bits per heavy atom. The molecule has 0 radical (unpaired) electrons. The Morgan fingerprint density at radius 1 is 1.20 bits per heavy atom. The van der Waals surface area contributed by atoms with Gasteiger partial charge < -0.3 is 29.7 Å². The molecule has 5 heterocycles. The number of nitrogens with zero attached hydrogens (tertiary/aromatic N) is 6. The molecule has 2 bridgehead atoms. The number of hydrogen-bond donors (Lipinski definition) is 2. The first-order valence-electron chi connectivity index (χ1n) is 12.8. The molecule has 0 spiro atoms. The quantitative estimate of drug-likeness (QED) is 0.362. The maximum atomic E-state index is 14.2. The lowest BCUT2D eigenvalue weighted by atomic mass is 10.1. The van der Waals surface area contributed by atoms with E-state index in [0.29, 0.717) is 54.0 Å². The number of rotatable bonds is 6. The molecular formula is C27H27ClFN7O4. The molecule has 3 atom stereocenters. The molecule has 0 aliphatic carbocycles. The largest absolute Gasteiger partial charge is 0.494 e. The first-order chi connectivity index (χ1) is 19.3. The van der Waals surface area contributed by atoms with Crippen LogP contribution < -0.4 is 15.0 Å². The lowest BCUT2D eigenvalue weighted by molar-refractivity contribution is -0.154. The number of aliphatic hydroxyl groups excluding tert-OH is 1. The van der Waals surface area contributed by atoms with Gasteiger partial charge in [-0.1, -0.05) is 11.6 Å². The molecule has 40 heavy (non-hydrogen) atoms. The number of carbonyl (C=O) groups is 1. The van der Waals surface area contributed by atoms with E-state index in [0.717, 1.165) is 5.69 Å². The molecule has 2 aliphatic rings. The highest BCUT2D eigenvalue weighted by atomic mass is 35.5. The molecule has 4 aromatic rings. The number of morpholine rings is 2. The molecule has 1 aromatic carbocycles. The maximum absolute atomic E-state index is 14.2. The normalized spacial score (nSPS) is 19.5. The summed E-state index contributed by atoms with van der Waals surface area (Å²) >= 11 is 6.42. The average Bonchev–Trinajstić information content (AvgIpc) is 3.38. The number of anilines is 3. The third-order valence-electron chi connectivity index (χ3n) is 7.02. The van der Waals surface area contributed by atoms with Crippen molar-refractivity contribution < 1.29 is 23.8 Å². The van der Waals surface area contributed by atoms with Crippen LogP contribution in [0, 0.1) is 5.82 Å². The summed E-state index contributed by atoms with van der Waals surface area (Å²) in [6.07, 6.45) is 3.34. The van der Waals surface area contributed by atoms with Gasteiger partial charge >= 0.3 is 0 Å².